The van der Waals surface area contributed by atoms with Crippen molar-refractivity contribution >= 4 is 0 Å². The number of likely N-dealkylation sites (tertiary alicyclic amines) is 1. The van der Waals surface area contributed by atoms with Gasteiger partial charge in [-0.1, -0.05) is 13.8 Å². The summed E-state index contributed by atoms with van der Waals surface area (Å²) >= 11 is 0. The van der Waals surface area contributed by atoms with Crippen molar-refractivity contribution in [2.75, 3.05) is 19.6 Å². The van der Waals surface area contributed by atoms with E-state index in [1.54, 1.807) is 6.07 Å². The summed E-state index contributed by atoms with van der Waals surface area (Å²) in [7, 11) is 0. The van der Waals surface area contributed by atoms with Crippen molar-refractivity contribution in [1.29, 1.82) is 5.26 Å². The number of aromatic amines is 1. The van der Waals surface area contributed by atoms with Gasteiger partial charge in [0.1, 0.15) is 11.6 Å². The molecular weight excluding hydrogens is 256 g/mol. The zero-order valence-electron chi connectivity index (χ0n) is 11.9. The largest absolute Gasteiger partial charge is 0.328 e. The molecule has 1 saturated heterocycles. The van der Waals surface area contributed by atoms with E-state index in [2.05, 4.69) is 23.7 Å². The van der Waals surface area contributed by atoms with Crippen molar-refractivity contribution in [3.8, 4) is 6.07 Å². The van der Waals surface area contributed by atoms with Crippen LogP contribution in [-0.2, 0) is 6.54 Å². The van der Waals surface area contributed by atoms with Gasteiger partial charge in [0.05, 0.1) is 0 Å². The number of H-pyrrole nitrogens is 1. The minimum Gasteiger partial charge on any atom is -0.301 e. The number of rotatable bonds is 3. The maximum atomic E-state index is 11.7. The van der Waals surface area contributed by atoms with Gasteiger partial charge >= 0.3 is 5.69 Å². The first-order chi connectivity index (χ1) is 9.49. The van der Waals surface area contributed by atoms with E-state index in [1.165, 1.54) is 17.2 Å². The molecule has 0 bridgehead atoms. The standard InChI is InChI=1S/C14H20N4O2/c1-10-5-11(2)8-17(7-10)3-4-18-9-12(6-15)13(19)16-14(18)20/h9-11H,3-5,7-8H2,1-2H3,(H,16,19,20)/t10-,11-/m0/s1. The molecule has 2 heterocycles. The molecule has 2 rings (SSSR count). The van der Waals surface area contributed by atoms with E-state index in [0.29, 0.717) is 18.4 Å². The van der Waals surface area contributed by atoms with Crippen LogP contribution in [0, 0.1) is 23.2 Å². The van der Waals surface area contributed by atoms with Crippen LogP contribution < -0.4 is 11.2 Å². The molecule has 0 amide bonds. The molecule has 108 valence electrons. The Kier molecular flexibility index (Phi) is 4.40. The first-order valence-corrected chi connectivity index (χ1v) is 6.95. The minimum atomic E-state index is -0.617. The number of nitrogens with one attached hydrogen (secondary N) is 1. The van der Waals surface area contributed by atoms with Gasteiger partial charge in [-0.05, 0) is 18.3 Å². The second kappa shape index (κ2) is 6.06. The molecule has 0 radical (unpaired) electrons. The van der Waals surface area contributed by atoms with Crippen LogP contribution in [0.2, 0.25) is 0 Å². The molecule has 0 aliphatic carbocycles. The van der Waals surface area contributed by atoms with E-state index in [0.717, 1.165) is 19.6 Å². The summed E-state index contributed by atoms with van der Waals surface area (Å²) in [5.74, 6) is 1.33. The summed E-state index contributed by atoms with van der Waals surface area (Å²) in [6.45, 7) is 7.79. The van der Waals surface area contributed by atoms with E-state index in [1.807, 2.05) is 0 Å². The quantitative estimate of drug-likeness (QED) is 0.865. The van der Waals surface area contributed by atoms with Crippen LogP contribution in [0.1, 0.15) is 25.8 Å². The fourth-order valence-corrected chi connectivity index (χ4v) is 2.98. The van der Waals surface area contributed by atoms with Crippen molar-refractivity contribution in [3.63, 3.8) is 0 Å². The van der Waals surface area contributed by atoms with Gasteiger partial charge in [0.15, 0.2) is 0 Å². The Morgan fingerprint density at radius 3 is 2.55 bits per heavy atom. The summed E-state index contributed by atoms with van der Waals surface area (Å²) < 4.78 is 1.41. The normalized spacial score (nSPS) is 23.4. The number of piperidine rings is 1. The lowest BCUT2D eigenvalue weighted by atomic mass is 9.92. The maximum absolute atomic E-state index is 11.7. The number of hydrogen-bond donors (Lipinski definition) is 1. The Morgan fingerprint density at radius 2 is 1.95 bits per heavy atom. The van der Waals surface area contributed by atoms with Crippen molar-refractivity contribution in [1.82, 2.24) is 14.5 Å². The summed E-state index contributed by atoms with van der Waals surface area (Å²) in [6.07, 6.45) is 2.59. The second-order valence-electron chi connectivity index (χ2n) is 5.81. The van der Waals surface area contributed by atoms with Gasteiger partial charge in [0.2, 0.25) is 0 Å². The fraction of sp³-hybridized carbons (Fsp3) is 0.643. The molecular formula is C14H20N4O2. The molecule has 1 fully saturated rings. The lowest BCUT2D eigenvalue weighted by molar-refractivity contribution is 0.136. The molecule has 1 aliphatic rings. The average Bonchev–Trinajstić information content (AvgIpc) is 2.36. The third-order valence-electron chi connectivity index (χ3n) is 3.73. The fourth-order valence-electron chi connectivity index (χ4n) is 2.98. The van der Waals surface area contributed by atoms with Gasteiger partial charge < -0.3 is 4.90 Å². The highest BCUT2D eigenvalue weighted by atomic mass is 16.2. The third-order valence-corrected chi connectivity index (χ3v) is 3.73. The summed E-state index contributed by atoms with van der Waals surface area (Å²) in [5, 5.41) is 8.82. The lowest BCUT2D eigenvalue weighted by Crippen LogP contribution is -2.42. The van der Waals surface area contributed by atoms with Gasteiger partial charge in [-0.2, -0.15) is 5.26 Å². The zero-order chi connectivity index (χ0) is 14.7. The van der Waals surface area contributed by atoms with Crippen LogP contribution in [-0.4, -0.2) is 34.1 Å². The summed E-state index contributed by atoms with van der Waals surface area (Å²) in [4.78, 5) is 27.5. The van der Waals surface area contributed by atoms with Gasteiger partial charge in [-0.15, -0.1) is 0 Å². The van der Waals surface area contributed by atoms with Crippen LogP contribution in [0.3, 0.4) is 0 Å². The van der Waals surface area contributed by atoms with E-state index in [9.17, 15) is 9.59 Å². The SMILES string of the molecule is C[C@H]1C[C@H](C)CN(CCn2cc(C#N)c(=O)[nH]c2=O)C1. The lowest BCUT2D eigenvalue weighted by Gasteiger charge is -2.34. The summed E-state index contributed by atoms with van der Waals surface area (Å²) in [6, 6.07) is 1.80. The van der Waals surface area contributed by atoms with Gasteiger partial charge in [-0.3, -0.25) is 14.3 Å². The molecule has 6 nitrogen and oxygen atoms in total. The minimum absolute atomic E-state index is 0.0232. The maximum Gasteiger partial charge on any atom is 0.328 e. The Bertz CT molecular complexity index is 615. The van der Waals surface area contributed by atoms with Crippen LogP contribution in [0.25, 0.3) is 0 Å². The molecule has 0 spiro atoms. The zero-order valence-corrected chi connectivity index (χ0v) is 11.9. The summed E-state index contributed by atoms with van der Waals surface area (Å²) in [5.41, 5.74) is -1.09. The molecule has 1 aliphatic heterocycles. The van der Waals surface area contributed by atoms with Crippen molar-refractivity contribution in [2.45, 2.75) is 26.8 Å². The molecule has 0 aromatic carbocycles. The molecule has 0 unspecified atom stereocenters. The molecule has 1 aromatic heterocycles. The van der Waals surface area contributed by atoms with Crippen molar-refractivity contribution in [3.05, 3.63) is 32.6 Å². The number of hydrogen-bond acceptors (Lipinski definition) is 4. The third kappa shape index (κ3) is 3.36. The van der Waals surface area contributed by atoms with Gasteiger partial charge in [0, 0.05) is 32.4 Å². The monoisotopic (exact) mass is 276 g/mol. The Balaban J connectivity index is 2.06. The molecule has 1 N–H and O–H groups in total. The molecule has 20 heavy (non-hydrogen) atoms. The van der Waals surface area contributed by atoms with E-state index >= 15 is 0 Å². The topological polar surface area (TPSA) is 81.9 Å². The second-order valence-corrected chi connectivity index (χ2v) is 5.81. The van der Waals surface area contributed by atoms with Crippen molar-refractivity contribution < 1.29 is 0 Å². The Hall–Kier alpha value is -1.87. The van der Waals surface area contributed by atoms with Crippen LogP contribution in [0.4, 0.5) is 0 Å². The predicted octanol–water partition coefficient (Wildman–Crippen LogP) is 0.386. The Morgan fingerprint density at radius 1 is 1.30 bits per heavy atom. The molecule has 2 atom stereocenters. The highest BCUT2D eigenvalue weighted by Crippen LogP contribution is 2.20. The highest BCUT2D eigenvalue weighted by Gasteiger charge is 2.21. The van der Waals surface area contributed by atoms with Gasteiger partial charge in [0.25, 0.3) is 5.56 Å². The smallest absolute Gasteiger partial charge is 0.301 e. The van der Waals surface area contributed by atoms with Crippen LogP contribution in [0.15, 0.2) is 15.8 Å². The van der Waals surface area contributed by atoms with Crippen LogP contribution in [0.5, 0.6) is 0 Å². The molecule has 0 saturated carbocycles. The molecule has 1 aromatic rings. The molecule has 6 heteroatoms. The highest BCUT2D eigenvalue weighted by molar-refractivity contribution is 5.21. The van der Waals surface area contributed by atoms with E-state index < -0.39 is 11.2 Å². The first-order valence-electron chi connectivity index (χ1n) is 6.95. The first kappa shape index (κ1) is 14.5. The number of aromatic nitrogens is 2. The van der Waals surface area contributed by atoms with E-state index in [4.69, 9.17) is 5.26 Å². The number of nitriles is 1. The number of nitrogens with zero attached hydrogens (tertiary/aromatic N) is 3. The predicted molar refractivity (Wildman–Crippen MR) is 75.4 cm³/mol. The van der Waals surface area contributed by atoms with Crippen LogP contribution >= 0.6 is 0 Å². The average molecular weight is 276 g/mol. The van der Waals surface area contributed by atoms with E-state index in [-0.39, 0.29) is 5.56 Å². The van der Waals surface area contributed by atoms with Crippen molar-refractivity contribution in [2.24, 2.45) is 11.8 Å². The Labute approximate surface area is 117 Å². The van der Waals surface area contributed by atoms with Gasteiger partial charge in [-0.25, -0.2) is 4.79 Å².